The molecule has 1 aliphatic rings. The second kappa shape index (κ2) is 16.6. The van der Waals surface area contributed by atoms with Crippen molar-refractivity contribution >= 4 is 75.2 Å². The fraction of sp³-hybridized carbons (Fsp3) is 0.243. The normalized spacial score (nSPS) is 13.4. The molecule has 3 amide bonds. The van der Waals surface area contributed by atoms with Gasteiger partial charge in [-0.25, -0.2) is 4.79 Å². The largest absolute Gasteiger partial charge is 0.462 e. The van der Waals surface area contributed by atoms with Gasteiger partial charge >= 0.3 is 5.97 Å². The topological polar surface area (TPSA) is 114 Å². The minimum Gasteiger partial charge on any atom is -0.462 e. The van der Waals surface area contributed by atoms with E-state index in [1.807, 2.05) is 6.07 Å². The Morgan fingerprint density at radius 3 is 2.44 bits per heavy atom. The number of hydrogen-bond acceptors (Lipinski definition) is 7. The number of hydrogen-bond donors (Lipinski definition) is 3. The summed E-state index contributed by atoms with van der Waals surface area (Å²) in [5.74, 6) is -1.59. The average molecular weight is 702 g/mol. The van der Waals surface area contributed by atoms with E-state index in [1.54, 1.807) is 92.7 Å². The fourth-order valence-electron chi connectivity index (χ4n) is 5.23. The van der Waals surface area contributed by atoms with Crippen LogP contribution in [0.5, 0.6) is 0 Å². The standard InChI is InChI=1S/C37H36ClN3O5S2/c1-3-46-37(45)32-29-15-8-5-9-16-31(29)48-36(32)41-33(42)23(2)47-28-14-10-13-27(22-28)39-35(44)30(21-24-17-19-26(38)20-18-24)40-34(43)25-11-6-4-7-12-25/h4,6-7,10-14,17-23H,3,5,8-9,15-16H2,1-2H3,(H,39,44)(H,40,43)(H,41,42)/b30-21+. The number of fused-ring (bicyclic) bond motifs is 1. The van der Waals surface area contributed by atoms with Gasteiger partial charge in [-0.15, -0.1) is 23.1 Å². The van der Waals surface area contributed by atoms with Gasteiger partial charge in [0.2, 0.25) is 5.91 Å². The zero-order valence-corrected chi connectivity index (χ0v) is 29.0. The summed E-state index contributed by atoms with van der Waals surface area (Å²) in [4.78, 5) is 54.7. The molecule has 0 aliphatic heterocycles. The number of aryl methyl sites for hydroxylation is 1. The van der Waals surface area contributed by atoms with E-state index in [4.69, 9.17) is 16.3 Å². The highest BCUT2D eigenvalue weighted by Gasteiger charge is 2.28. The van der Waals surface area contributed by atoms with Crippen LogP contribution < -0.4 is 16.0 Å². The second-order valence-electron chi connectivity index (χ2n) is 11.2. The summed E-state index contributed by atoms with van der Waals surface area (Å²) < 4.78 is 5.36. The number of thiophene rings is 1. The summed E-state index contributed by atoms with van der Waals surface area (Å²) >= 11 is 8.83. The summed E-state index contributed by atoms with van der Waals surface area (Å²) in [7, 11) is 0. The molecule has 3 N–H and O–H groups in total. The molecule has 0 fully saturated rings. The highest BCUT2D eigenvalue weighted by atomic mass is 35.5. The van der Waals surface area contributed by atoms with Crippen LogP contribution in [0.25, 0.3) is 6.08 Å². The Kier molecular flexibility index (Phi) is 12.1. The number of carbonyl (C=O) groups is 4. The van der Waals surface area contributed by atoms with E-state index in [1.165, 1.54) is 23.1 Å². The molecule has 0 saturated heterocycles. The van der Waals surface area contributed by atoms with Crippen molar-refractivity contribution in [3.8, 4) is 0 Å². The lowest BCUT2D eigenvalue weighted by atomic mass is 10.1. The first-order chi connectivity index (χ1) is 23.2. The van der Waals surface area contributed by atoms with Crippen molar-refractivity contribution in [2.45, 2.75) is 56.1 Å². The van der Waals surface area contributed by atoms with Crippen molar-refractivity contribution in [2.75, 3.05) is 17.2 Å². The number of anilines is 2. The van der Waals surface area contributed by atoms with Crippen molar-refractivity contribution in [2.24, 2.45) is 0 Å². The molecule has 48 heavy (non-hydrogen) atoms. The third-order valence-electron chi connectivity index (χ3n) is 7.62. The maximum Gasteiger partial charge on any atom is 0.341 e. The van der Waals surface area contributed by atoms with E-state index < -0.39 is 23.0 Å². The molecule has 1 aliphatic carbocycles. The number of esters is 1. The third-order valence-corrected chi connectivity index (χ3v) is 10.2. The van der Waals surface area contributed by atoms with Gasteiger partial charge in [0.25, 0.3) is 11.8 Å². The first-order valence-corrected chi connectivity index (χ1v) is 17.8. The van der Waals surface area contributed by atoms with Crippen LogP contribution in [0.15, 0.2) is 89.5 Å². The SMILES string of the molecule is CCOC(=O)c1c(NC(=O)C(C)Sc2cccc(NC(=O)/C(=C\c3ccc(Cl)cc3)NC(=O)c3ccccc3)c2)sc2c1CCCCC2. The Labute approximate surface area is 293 Å². The molecule has 3 aromatic carbocycles. The Hall–Kier alpha value is -4.38. The Bertz CT molecular complexity index is 1820. The Morgan fingerprint density at radius 2 is 1.69 bits per heavy atom. The molecule has 248 valence electrons. The predicted molar refractivity (Wildman–Crippen MR) is 194 cm³/mol. The van der Waals surface area contributed by atoms with Crippen LogP contribution in [-0.4, -0.2) is 35.5 Å². The average Bonchev–Trinajstić information content (AvgIpc) is 3.25. The molecule has 8 nitrogen and oxygen atoms in total. The summed E-state index contributed by atoms with van der Waals surface area (Å²) in [6, 6.07) is 22.6. The molecule has 1 aromatic heterocycles. The van der Waals surface area contributed by atoms with E-state index in [-0.39, 0.29) is 18.2 Å². The lowest BCUT2D eigenvalue weighted by molar-refractivity contribution is -0.115. The van der Waals surface area contributed by atoms with Crippen LogP contribution in [0.4, 0.5) is 10.7 Å². The number of thioether (sulfide) groups is 1. The number of carbonyl (C=O) groups excluding carboxylic acids is 4. The molecule has 0 saturated carbocycles. The Morgan fingerprint density at radius 1 is 0.938 bits per heavy atom. The summed E-state index contributed by atoms with van der Waals surface area (Å²) in [5, 5.41) is 9.17. The molecule has 1 heterocycles. The molecular weight excluding hydrogens is 666 g/mol. The molecule has 11 heteroatoms. The van der Waals surface area contributed by atoms with Crippen LogP contribution in [-0.2, 0) is 27.2 Å². The zero-order chi connectivity index (χ0) is 34.0. The molecule has 0 spiro atoms. The van der Waals surface area contributed by atoms with Crippen LogP contribution in [0.2, 0.25) is 5.02 Å². The molecule has 0 radical (unpaired) electrons. The number of nitrogens with one attached hydrogen (secondary N) is 3. The lowest BCUT2D eigenvalue weighted by Crippen LogP contribution is -2.30. The maximum absolute atomic E-state index is 13.5. The van der Waals surface area contributed by atoms with Crippen LogP contribution in [0.1, 0.15) is 69.8 Å². The van der Waals surface area contributed by atoms with Crippen molar-refractivity contribution < 1.29 is 23.9 Å². The smallest absolute Gasteiger partial charge is 0.341 e. The van der Waals surface area contributed by atoms with Gasteiger partial charge in [-0.05, 0) is 99.2 Å². The Balaban J connectivity index is 1.29. The van der Waals surface area contributed by atoms with E-state index in [0.29, 0.717) is 32.4 Å². The number of amides is 3. The molecule has 1 atom stereocenters. The first-order valence-electron chi connectivity index (χ1n) is 15.8. The van der Waals surface area contributed by atoms with Gasteiger partial charge in [0, 0.05) is 26.0 Å². The minimum atomic E-state index is -0.522. The van der Waals surface area contributed by atoms with Crippen molar-refractivity contribution in [1.82, 2.24) is 5.32 Å². The zero-order valence-electron chi connectivity index (χ0n) is 26.6. The molecular formula is C37H36ClN3O5S2. The van der Waals surface area contributed by atoms with E-state index in [0.717, 1.165) is 47.4 Å². The predicted octanol–water partition coefficient (Wildman–Crippen LogP) is 8.38. The first kappa shape index (κ1) is 34.9. The third kappa shape index (κ3) is 9.15. The van der Waals surface area contributed by atoms with Gasteiger partial charge in [-0.3, -0.25) is 14.4 Å². The van der Waals surface area contributed by atoms with Crippen LogP contribution in [0, 0.1) is 0 Å². The molecule has 1 unspecified atom stereocenters. The van der Waals surface area contributed by atoms with Crippen molar-refractivity contribution in [3.05, 3.63) is 117 Å². The monoisotopic (exact) mass is 701 g/mol. The van der Waals surface area contributed by atoms with E-state index in [9.17, 15) is 19.2 Å². The maximum atomic E-state index is 13.5. The summed E-state index contributed by atoms with van der Waals surface area (Å²) in [6.07, 6.45) is 6.43. The van der Waals surface area contributed by atoms with Gasteiger partial charge < -0.3 is 20.7 Å². The molecule has 4 aromatic rings. The number of benzene rings is 3. The van der Waals surface area contributed by atoms with Crippen molar-refractivity contribution in [1.29, 1.82) is 0 Å². The number of rotatable bonds is 11. The summed E-state index contributed by atoms with van der Waals surface area (Å²) in [6.45, 7) is 3.82. The van der Waals surface area contributed by atoms with Gasteiger partial charge in [0.15, 0.2) is 0 Å². The molecule has 0 bridgehead atoms. The van der Waals surface area contributed by atoms with E-state index >= 15 is 0 Å². The number of ether oxygens (including phenoxy) is 1. The highest BCUT2D eigenvalue weighted by Crippen LogP contribution is 2.38. The van der Waals surface area contributed by atoms with Crippen molar-refractivity contribution in [3.63, 3.8) is 0 Å². The fourth-order valence-corrected chi connectivity index (χ4v) is 7.57. The van der Waals surface area contributed by atoms with Crippen LogP contribution >= 0.6 is 34.7 Å². The summed E-state index contributed by atoms with van der Waals surface area (Å²) in [5.41, 5.74) is 3.10. The minimum absolute atomic E-state index is 0.0451. The van der Waals surface area contributed by atoms with Gasteiger partial charge in [0.05, 0.1) is 17.4 Å². The number of halogens is 1. The highest BCUT2D eigenvalue weighted by molar-refractivity contribution is 8.00. The lowest BCUT2D eigenvalue weighted by Gasteiger charge is -2.14. The van der Waals surface area contributed by atoms with Gasteiger partial charge in [-0.1, -0.05) is 54.4 Å². The molecule has 5 rings (SSSR count). The van der Waals surface area contributed by atoms with E-state index in [2.05, 4.69) is 16.0 Å². The second-order valence-corrected chi connectivity index (χ2v) is 14.1. The van der Waals surface area contributed by atoms with Gasteiger partial charge in [-0.2, -0.15) is 0 Å². The van der Waals surface area contributed by atoms with Gasteiger partial charge in [0.1, 0.15) is 10.7 Å². The van der Waals surface area contributed by atoms with Crippen LogP contribution in [0.3, 0.4) is 0 Å². The quantitative estimate of drug-likeness (QED) is 0.0627.